The zero-order valence-corrected chi connectivity index (χ0v) is 15.7. The van der Waals surface area contributed by atoms with E-state index in [0.717, 1.165) is 11.3 Å². The summed E-state index contributed by atoms with van der Waals surface area (Å²) in [5.41, 5.74) is 0.745. The zero-order valence-electron chi connectivity index (χ0n) is 13.3. The number of benzene rings is 2. The van der Waals surface area contributed by atoms with Gasteiger partial charge in [-0.1, -0.05) is 34.5 Å². The number of esters is 1. The van der Waals surface area contributed by atoms with Crippen molar-refractivity contribution in [2.45, 2.75) is 6.54 Å². The molecule has 0 aliphatic carbocycles. The van der Waals surface area contributed by atoms with E-state index < -0.39 is 17.7 Å². The topological polar surface area (TPSA) is 60.7 Å². The average Bonchev–Trinajstić information content (AvgIpc) is 2.92. The molecule has 5 nitrogen and oxygen atoms in total. The quantitative estimate of drug-likeness (QED) is 0.609. The van der Waals surface area contributed by atoms with E-state index in [4.69, 9.17) is 27.9 Å². The highest BCUT2D eigenvalue weighted by atomic mass is 35.5. The monoisotopic (exact) mass is 412 g/mol. The van der Waals surface area contributed by atoms with E-state index in [9.17, 15) is 14.0 Å². The van der Waals surface area contributed by atoms with Crippen molar-refractivity contribution in [2.75, 3.05) is 7.11 Å². The molecule has 9 heteroatoms. The SMILES string of the molecule is COC(=O)Cn1c(=NC(=O)c2ccc(F)cc2)sc2cc(Cl)cc(Cl)c21. The van der Waals surface area contributed by atoms with E-state index in [1.165, 1.54) is 42.0 Å². The molecule has 0 atom stereocenters. The van der Waals surface area contributed by atoms with Gasteiger partial charge < -0.3 is 9.30 Å². The van der Waals surface area contributed by atoms with Crippen molar-refractivity contribution in [3.05, 3.63) is 62.6 Å². The molecule has 3 aromatic rings. The molecule has 0 aliphatic rings. The van der Waals surface area contributed by atoms with Gasteiger partial charge >= 0.3 is 5.97 Å². The lowest BCUT2D eigenvalue weighted by atomic mass is 10.2. The summed E-state index contributed by atoms with van der Waals surface area (Å²) in [6.45, 7) is -0.173. The van der Waals surface area contributed by atoms with Crippen LogP contribution in [0.1, 0.15) is 10.4 Å². The molecule has 0 radical (unpaired) electrons. The average molecular weight is 413 g/mol. The molecule has 26 heavy (non-hydrogen) atoms. The van der Waals surface area contributed by atoms with Crippen molar-refractivity contribution in [3.63, 3.8) is 0 Å². The third-order valence-corrected chi connectivity index (χ3v) is 5.03. The van der Waals surface area contributed by atoms with E-state index in [0.29, 0.717) is 20.3 Å². The van der Waals surface area contributed by atoms with Crippen molar-refractivity contribution in [1.29, 1.82) is 0 Å². The molecule has 0 saturated carbocycles. The van der Waals surface area contributed by atoms with Crippen LogP contribution in [0.15, 0.2) is 41.4 Å². The summed E-state index contributed by atoms with van der Waals surface area (Å²) in [4.78, 5) is 28.5. The van der Waals surface area contributed by atoms with Gasteiger partial charge in [0.15, 0.2) is 4.80 Å². The van der Waals surface area contributed by atoms with Crippen LogP contribution in [0.2, 0.25) is 10.0 Å². The molecule has 1 heterocycles. The number of thiazole rings is 1. The predicted molar refractivity (Wildman–Crippen MR) is 98.1 cm³/mol. The second-order valence-corrected chi connectivity index (χ2v) is 7.06. The fraction of sp³-hybridized carbons (Fsp3) is 0.118. The summed E-state index contributed by atoms with van der Waals surface area (Å²) >= 11 is 13.4. The first-order valence-corrected chi connectivity index (χ1v) is 8.86. The lowest BCUT2D eigenvalue weighted by Crippen LogP contribution is -2.22. The van der Waals surface area contributed by atoms with E-state index in [1.807, 2.05) is 0 Å². The Kier molecular flexibility index (Phi) is 5.41. The second-order valence-electron chi connectivity index (χ2n) is 5.21. The van der Waals surface area contributed by atoms with Crippen LogP contribution in [0.5, 0.6) is 0 Å². The van der Waals surface area contributed by atoms with Crippen LogP contribution >= 0.6 is 34.5 Å². The van der Waals surface area contributed by atoms with Crippen molar-refractivity contribution in [1.82, 2.24) is 4.57 Å². The van der Waals surface area contributed by atoms with Crippen LogP contribution in [-0.4, -0.2) is 23.6 Å². The number of hydrogen-bond acceptors (Lipinski definition) is 4. The van der Waals surface area contributed by atoms with E-state index >= 15 is 0 Å². The van der Waals surface area contributed by atoms with Gasteiger partial charge in [-0.15, -0.1) is 0 Å². The summed E-state index contributed by atoms with van der Waals surface area (Å²) in [6, 6.07) is 8.23. The van der Waals surface area contributed by atoms with Gasteiger partial charge in [-0.3, -0.25) is 9.59 Å². The van der Waals surface area contributed by atoms with Crippen molar-refractivity contribution in [2.24, 2.45) is 4.99 Å². The summed E-state index contributed by atoms with van der Waals surface area (Å²) in [5.74, 6) is -1.55. The largest absolute Gasteiger partial charge is 0.468 e. The molecule has 0 spiro atoms. The fourth-order valence-electron chi connectivity index (χ4n) is 2.30. The Morgan fingerprint density at radius 3 is 2.58 bits per heavy atom. The highest BCUT2D eigenvalue weighted by molar-refractivity contribution is 7.16. The number of carbonyl (C=O) groups is 2. The highest BCUT2D eigenvalue weighted by Crippen LogP contribution is 2.29. The maximum atomic E-state index is 13.0. The lowest BCUT2D eigenvalue weighted by molar-refractivity contribution is -0.141. The van der Waals surface area contributed by atoms with E-state index in [-0.39, 0.29) is 16.9 Å². The molecule has 2 aromatic carbocycles. The van der Waals surface area contributed by atoms with Gasteiger partial charge in [0.2, 0.25) is 0 Å². The molecule has 1 amide bonds. The number of methoxy groups -OCH3 is 1. The van der Waals surface area contributed by atoms with Gasteiger partial charge in [0.1, 0.15) is 12.4 Å². The summed E-state index contributed by atoms with van der Waals surface area (Å²) < 4.78 is 19.9. The number of nitrogens with zero attached hydrogens (tertiary/aromatic N) is 2. The van der Waals surface area contributed by atoms with Gasteiger partial charge in [-0.05, 0) is 36.4 Å². The van der Waals surface area contributed by atoms with Crippen LogP contribution in [0.4, 0.5) is 4.39 Å². The maximum Gasteiger partial charge on any atom is 0.325 e. The van der Waals surface area contributed by atoms with Gasteiger partial charge in [0, 0.05) is 10.6 Å². The number of ether oxygens (including phenoxy) is 1. The highest BCUT2D eigenvalue weighted by Gasteiger charge is 2.15. The second kappa shape index (κ2) is 7.57. The fourth-order valence-corrected chi connectivity index (χ4v) is 4.11. The van der Waals surface area contributed by atoms with E-state index in [1.54, 1.807) is 6.07 Å². The number of fused-ring (bicyclic) bond motifs is 1. The Bertz CT molecular complexity index is 1070. The smallest absolute Gasteiger partial charge is 0.325 e. The van der Waals surface area contributed by atoms with Crippen LogP contribution in [0.3, 0.4) is 0 Å². The Balaban J connectivity index is 2.18. The normalized spacial score (nSPS) is 11.8. The first kappa shape index (κ1) is 18.6. The minimum absolute atomic E-state index is 0.173. The molecule has 134 valence electrons. The maximum absolute atomic E-state index is 13.0. The molecule has 0 unspecified atom stereocenters. The Morgan fingerprint density at radius 2 is 1.92 bits per heavy atom. The van der Waals surface area contributed by atoms with Gasteiger partial charge in [0.05, 0.1) is 22.3 Å². The molecule has 0 bridgehead atoms. The molecule has 0 fully saturated rings. The third-order valence-electron chi connectivity index (χ3n) is 3.50. The molecular weight excluding hydrogens is 402 g/mol. The number of rotatable bonds is 3. The van der Waals surface area contributed by atoms with Crippen LogP contribution in [0, 0.1) is 5.82 Å². The first-order valence-electron chi connectivity index (χ1n) is 7.29. The van der Waals surface area contributed by atoms with Gasteiger partial charge in [-0.25, -0.2) is 4.39 Å². The number of hydrogen-bond donors (Lipinski definition) is 0. The van der Waals surface area contributed by atoms with Gasteiger partial charge in [0.25, 0.3) is 5.91 Å². The molecule has 0 saturated heterocycles. The molecular formula is C17H11Cl2FN2O3S. The summed E-state index contributed by atoms with van der Waals surface area (Å²) in [6.07, 6.45) is 0. The standard InChI is InChI=1S/C17H11Cl2FN2O3S/c1-25-14(23)8-22-15-12(19)6-10(18)7-13(15)26-17(22)21-16(24)9-2-4-11(20)5-3-9/h2-7H,8H2,1H3. The first-order chi connectivity index (χ1) is 12.4. The van der Waals surface area contributed by atoms with Crippen molar-refractivity contribution >= 4 is 56.6 Å². The number of aromatic nitrogens is 1. The van der Waals surface area contributed by atoms with E-state index in [2.05, 4.69) is 4.99 Å². The minimum Gasteiger partial charge on any atom is -0.468 e. The Morgan fingerprint density at radius 1 is 1.23 bits per heavy atom. The Labute approximate surface area is 161 Å². The lowest BCUT2D eigenvalue weighted by Gasteiger charge is -2.05. The molecule has 1 aromatic heterocycles. The Hall–Kier alpha value is -2.22. The molecule has 3 rings (SSSR count). The number of amides is 1. The third kappa shape index (κ3) is 3.80. The number of carbonyl (C=O) groups excluding carboxylic acids is 2. The number of halogens is 3. The summed E-state index contributed by atoms with van der Waals surface area (Å²) in [5, 5.41) is 0.744. The molecule has 0 N–H and O–H groups in total. The van der Waals surface area contributed by atoms with Crippen LogP contribution in [0.25, 0.3) is 10.2 Å². The zero-order chi connectivity index (χ0) is 18.8. The van der Waals surface area contributed by atoms with Crippen LogP contribution in [-0.2, 0) is 16.1 Å². The van der Waals surface area contributed by atoms with Crippen LogP contribution < -0.4 is 4.80 Å². The van der Waals surface area contributed by atoms with Gasteiger partial charge in [-0.2, -0.15) is 4.99 Å². The predicted octanol–water partition coefficient (Wildman–Crippen LogP) is 4.06. The summed E-state index contributed by atoms with van der Waals surface area (Å²) in [7, 11) is 1.26. The van der Waals surface area contributed by atoms with Crippen molar-refractivity contribution < 1.29 is 18.7 Å². The minimum atomic E-state index is -0.572. The molecule has 0 aliphatic heterocycles. The van der Waals surface area contributed by atoms with Crippen molar-refractivity contribution in [3.8, 4) is 0 Å².